The predicted molar refractivity (Wildman–Crippen MR) is 69.8 cm³/mol. The fraction of sp³-hybridized carbons (Fsp3) is 0.769. The van der Waals surface area contributed by atoms with Crippen LogP contribution in [-0.2, 0) is 6.54 Å². The summed E-state index contributed by atoms with van der Waals surface area (Å²) < 4.78 is 0. The van der Waals surface area contributed by atoms with Crippen LogP contribution in [0.2, 0.25) is 0 Å². The quantitative estimate of drug-likeness (QED) is 0.845. The monoisotopic (exact) mass is 236 g/mol. The van der Waals surface area contributed by atoms with E-state index in [2.05, 4.69) is 33.7 Å². The Morgan fingerprint density at radius 1 is 1.53 bits per heavy atom. The van der Waals surface area contributed by atoms with E-state index in [4.69, 9.17) is 0 Å². The Labute approximate surface area is 104 Å². The average molecular weight is 236 g/mol. The van der Waals surface area contributed by atoms with Crippen molar-refractivity contribution in [2.45, 2.75) is 38.8 Å². The highest BCUT2D eigenvalue weighted by molar-refractivity contribution is 4.86. The van der Waals surface area contributed by atoms with Gasteiger partial charge in [0.25, 0.3) is 0 Å². The van der Waals surface area contributed by atoms with E-state index in [1.165, 1.54) is 32.4 Å². The number of hydrogen-bond donors (Lipinski definition) is 1. The van der Waals surface area contributed by atoms with Crippen LogP contribution in [0.1, 0.15) is 32.0 Å². The van der Waals surface area contributed by atoms with Gasteiger partial charge in [-0.05, 0) is 33.4 Å². The van der Waals surface area contributed by atoms with Crippen LogP contribution in [0.25, 0.3) is 0 Å². The van der Waals surface area contributed by atoms with E-state index in [1.807, 2.05) is 12.4 Å². The van der Waals surface area contributed by atoms with Crippen LogP contribution < -0.4 is 0 Å². The largest absolute Gasteiger partial charge is 0.348 e. The summed E-state index contributed by atoms with van der Waals surface area (Å²) in [4.78, 5) is 12.4. The van der Waals surface area contributed by atoms with Crippen LogP contribution in [0, 0.1) is 0 Å². The molecule has 1 N–H and O–H groups in total. The van der Waals surface area contributed by atoms with E-state index in [0.717, 1.165) is 25.0 Å². The SMILES string of the molecule is C[C@@H]1CCCCN1CCN(C)Cc1ncc[nH]1. The molecule has 0 bridgehead atoms. The van der Waals surface area contributed by atoms with Gasteiger partial charge in [-0.15, -0.1) is 0 Å². The van der Waals surface area contributed by atoms with Gasteiger partial charge in [-0.2, -0.15) is 0 Å². The van der Waals surface area contributed by atoms with E-state index in [0.29, 0.717) is 0 Å². The molecule has 1 fully saturated rings. The van der Waals surface area contributed by atoms with Gasteiger partial charge in [0, 0.05) is 31.5 Å². The summed E-state index contributed by atoms with van der Waals surface area (Å²) in [6, 6.07) is 0.765. The number of imidazole rings is 1. The van der Waals surface area contributed by atoms with Gasteiger partial charge in [0.2, 0.25) is 0 Å². The number of hydrogen-bond acceptors (Lipinski definition) is 3. The molecule has 0 aromatic carbocycles. The molecule has 1 saturated heterocycles. The molecule has 1 aromatic heterocycles. The van der Waals surface area contributed by atoms with Crippen molar-refractivity contribution in [1.82, 2.24) is 19.8 Å². The van der Waals surface area contributed by atoms with Crippen molar-refractivity contribution in [3.63, 3.8) is 0 Å². The molecule has 1 aromatic rings. The van der Waals surface area contributed by atoms with E-state index >= 15 is 0 Å². The Hall–Kier alpha value is -0.870. The lowest BCUT2D eigenvalue weighted by molar-refractivity contribution is 0.140. The van der Waals surface area contributed by atoms with Crippen LogP contribution >= 0.6 is 0 Å². The first-order valence-corrected chi connectivity index (χ1v) is 6.66. The third-order valence-electron chi connectivity index (χ3n) is 3.68. The van der Waals surface area contributed by atoms with Crippen molar-refractivity contribution >= 4 is 0 Å². The van der Waals surface area contributed by atoms with E-state index in [9.17, 15) is 0 Å². The molecule has 0 saturated carbocycles. The highest BCUT2D eigenvalue weighted by Gasteiger charge is 2.17. The maximum atomic E-state index is 4.26. The second-order valence-electron chi connectivity index (χ2n) is 5.15. The van der Waals surface area contributed by atoms with Crippen molar-refractivity contribution < 1.29 is 0 Å². The van der Waals surface area contributed by atoms with Gasteiger partial charge in [-0.25, -0.2) is 4.98 Å². The third-order valence-corrected chi connectivity index (χ3v) is 3.68. The van der Waals surface area contributed by atoms with Crippen LogP contribution in [-0.4, -0.2) is 52.5 Å². The highest BCUT2D eigenvalue weighted by atomic mass is 15.2. The van der Waals surface area contributed by atoms with Gasteiger partial charge >= 0.3 is 0 Å². The number of nitrogens with one attached hydrogen (secondary N) is 1. The van der Waals surface area contributed by atoms with E-state index in [-0.39, 0.29) is 0 Å². The van der Waals surface area contributed by atoms with E-state index < -0.39 is 0 Å². The maximum Gasteiger partial charge on any atom is 0.120 e. The Morgan fingerprint density at radius 3 is 3.12 bits per heavy atom. The average Bonchev–Trinajstić information content (AvgIpc) is 2.81. The molecule has 1 atom stereocenters. The maximum absolute atomic E-state index is 4.26. The number of piperidine rings is 1. The molecule has 96 valence electrons. The minimum atomic E-state index is 0.765. The Balaban J connectivity index is 1.70. The molecule has 1 aliphatic heterocycles. The molecule has 2 heterocycles. The zero-order valence-corrected chi connectivity index (χ0v) is 11.0. The zero-order chi connectivity index (χ0) is 12.1. The number of aromatic amines is 1. The molecule has 0 amide bonds. The minimum Gasteiger partial charge on any atom is -0.348 e. The van der Waals surface area contributed by atoms with Gasteiger partial charge in [0.15, 0.2) is 0 Å². The van der Waals surface area contributed by atoms with Gasteiger partial charge in [0.05, 0.1) is 6.54 Å². The molecule has 0 radical (unpaired) electrons. The lowest BCUT2D eigenvalue weighted by Gasteiger charge is -2.34. The predicted octanol–water partition coefficient (Wildman–Crippen LogP) is 1.72. The minimum absolute atomic E-state index is 0.765. The topological polar surface area (TPSA) is 35.2 Å². The molecule has 1 aliphatic rings. The second-order valence-corrected chi connectivity index (χ2v) is 5.15. The molecule has 17 heavy (non-hydrogen) atoms. The van der Waals surface area contributed by atoms with Crippen LogP contribution in [0.5, 0.6) is 0 Å². The summed E-state index contributed by atoms with van der Waals surface area (Å²) in [5.74, 6) is 1.05. The molecular weight excluding hydrogens is 212 g/mol. The van der Waals surface area contributed by atoms with Crippen molar-refractivity contribution in [3.05, 3.63) is 18.2 Å². The standard InChI is InChI=1S/C13H24N4/c1-12-5-3-4-8-17(12)10-9-16(2)11-13-14-6-7-15-13/h6-7,12H,3-5,8-11H2,1-2H3,(H,14,15)/t12-/m1/s1. The first-order chi connectivity index (χ1) is 8.25. The molecule has 4 nitrogen and oxygen atoms in total. The summed E-state index contributed by atoms with van der Waals surface area (Å²) >= 11 is 0. The molecule has 0 spiro atoms. The molecule has 2 rings (SSSR count). The number of likely N-dealkylation sites (tertiary alicyclic amines) is 1. The van der Waals surface area contributed by atoms with Crippen molar-refractivity contribution in [3.8, 4) is 0 Å². The fourth-order valence-electron chi connectivity index (χ4n) is 2.51. The summed E-state index contributed by atoms with van der Waals surface area (Å²) in [7, 11) is 2.16. The second kappa shape index (κ2) is 6.17. The summed E-state index contributed by atoms with van der Waals surface area (Å²) in [5, 5.41) is 0. The van der Waals surface area contributed by atoms with Gasteiger partial charge in [-0.1, -0.05) is 6.42 Å². The van der Waals surface area contributed by atoms with Crippen LogP contribution in [0.15, 0.2) is 12.4 Å². The normalized spacial score (nSPS) is 22.2. The Bertz CT molecular complexity index is 309. The number of nitrogens with zero attached hydrogens (tertiary/aromatic N) is 3. The molecule has 4 heteroatoms. The summed E-state index contributed by atoms with van der Waals surface area (Å²) in [6.07, 6.45) is 7.83. The molecule has 0 unspecified atom stereocenters. The lowest BCUT2D eigenvalue weighted by atomic mass is 10.0. The first-order valence-electron chi connectivity index (χ1n) is 6.66. The number of rotatable bonds is 5. The number of H-pyrrole nitrogens is 1. The highest BCUT2D eigenvalue weighted by Crippen LogP contribution is 2.15. The van der Waals surface area contributed by atoms with Gasteiger partial charge < -0.3 is 4.98 Å². The van der Waals surface area contributed by atoms with Crippen molar-refractivity contribution in [1.29, 1.82) is 0 Å². The summed E-state index contributed by atoms with van der Waals surface area (Å²) in [6.45, 7) is 6.83. The Morgan fingerprint density at radius 2 is 2.41 bits per heavy atom. The summed E-state index contributed by atoms with van der Waals surface area (Å²) in [5.41, 5.74) is 0. The molecule has 0 aliphatic carbocycles. The first kappa shape index (κ1) is 12.6. The van der Waals surface area contributed by atoms with Gasteiger partial charge in [0.1, 0.15) is 5.82 Å². The Kier molecular flexibility index (Phi) is 4.57. The van der Waals surface area contributed by atoms with Gasteiger partial charge in [-0.3, -0.25) is 9.80 Å². The van der Waals surface area contributed by atoms with E-state index in [1.54, 1.807) is 0 Å². The smallest absolute Gasteiger partial charge is 0.120 e. The zero-order valence-electron chi connectivity index (χ0n) is 11.0. The number of likely N-dealkylation sites (N-methyl/N-ethyl adjacent to an activating group) is 1. The third kappa shape index (κ3) is 3.82. The van der Waals surface area contributed by atoms with Crippen LogP contribution in [0.4, 0.5) is 0 Å². The van der Waals surface area contributed by atoms with Crippen molar-refractivity contribution in [2.24, 2.45) is 0 Å². The lowest BCUT2D eigenvalue weighted by Crippen LogP contribution is -2.41. The molecular formula is C13H24N4. The van der Waals surface area contributed by atoms with Crippen LogP contribution in [0.3, 0.4) is 0 Å². The number of aromatic nitrogens is 2. The fourth-order valence-corrected chi connectivity index (χ4v) is 2.51. The van der Waals surface area contributed by atoms with Crippen molar-refractivity contribution in [2.75, 3.05) is 26.7 Å².